The largest absolute Gasteiger partial charge is 0.386 e. The molecule has 2 aromatic rings. The highest BCUT2D eigenvalue weighted by molar-refractivity contribution is 5.85. The maximum atomic E-state index is 5.54. The van der Waals surface area contributed by atoms with Crippen LogP contribution >= 0.6 is 0 Å². The molecule has 0 atom stereocenters. The molecule has 0 aliphatic rings. The monoisotopic (exact) mass is 240 g/mol. The first-order valence-corrected chi connectivity index (χ1v) is 5.92. The van der Waals surface area contributed by atoms with Crippen LogP contribution in [-0.2, 0) is 0 Å². The number of hydrogen-bond acceptors (Lipinski definition) is 2. The molecule has 2 rings (SSSR count). The molecule has 4 nitrogen and oxygen atoms in total. The quantitative estimate of drug-likeness (QED) is 0.376. The van der Waals surface area contributed by atoms with E-state index in [0.29, 0.717) is 12.3 Å². The first-order valence-electron chi connectivity index (χ1n) is 5.92. The second-order valence-electron chi connectivity index (χ2n) is 4.17. The average Bonchev–Trinajstić information content (AvgIpc) is 2.38. The number of fused-ring (bicyclic) bond motifs is 1. The Hall–Kier alpha value is -2.23. The van der Waals surface area contributed by atoms with Gasteiger partial charge in [-0.25, -0.2) is 0 Å². The lowest BCUT2D eigenvalue weighted by Gasteiger charge is -1.99. The average molecular weight is 240 g/mol. The van der Waals surface area contributed by atoms with Gasteiger partial charge in [-0.15, -0.1) is 10.2 Å². The Morgan fingerprint density at radius 1 is 1.11 bits per heavy atom. The van der Waals surface area contributed by atoms with E-state index in [2.05, 4.69) is 40.6 Å². The summed E-state index contributed by atoms with van der Waals surface area (Å²) in [5, 5.41) is 13.9. The van der Waals surface area contributed by atoms with Crippen molar-refractivity contribution in [3.8, 4) is 0 Å². The smallest absolute Gasteiger partial charge is 0.123 e. The zero-order chi connectivity index (χ0) is 13.0. The summed E-state index contributed by atoms with van der Waals surface area (Å²) < 4.78 is 0. The highest BCUT2D eigenvalue weighted by Gasteiger charge is 1.96. The van der Waals surface area contributed by atoms with E-state index in [1.807, 2.05) is 25.1 Å². The van der Waals surface area contributed by atoms with Gasteiger partial charge in [-0.2, -0.15) is 0 Å². The molecule has 0 saturated heterocycles. The molecule has 0 aliphatic heterocycles. The van der Waals surface area contributed by atoms with Crippen molar-refractivity contribution in [3.63, 3.8) is 0 Å². The van der Waals surface area contributed by atoms with Crippen LogP contribution in [0.25, 0.3) is 10.8 Å². The molecular formula is C14H16N4. The van der Waals surface area contributed by atoms with Crippen molar-refractivity contribution in [2.75, 3.05) is 0 Å². The summed E-state index contributed by atoms with van der Waals surface area (Å²) in [6.45, 7) is 3.99. The molecule has 0 spiro atoms. The van der Waals surface area contributed by atoms with Crippen molar-refractivity contribution in [1.82, 2.24) is 0 Å². The SMILES string of the molecule is CCC(N)=NN=Nc1ccc2ccc(C)cc2c1. The third-order valence-electron chi connectivity index (χ3n) is 2.67. The van der Waals surface area contributed by atoms with Gasteiger partial charge in [-0.3, -0.25) is 0 Å². The van der Waals surface area contributed by atoms with Gasteiger partial charge in [0.05, 0.1) is 5.69 Å². The topological polar surface area (TPSA) is 63.1 Å². The van der Waals surface area contributed by atoms with Crippen molar-refractivity contribution in [3.05, 3.63) is 42.0 Å². The predicted octanol–water partition coefficient (Wildman–Crippen LogP) is 3.91. The van der Waals surface area contributed by atoms with Crippen LogP contribution in [0.5, 0.6) is 0 Å². The van der Waals surface area contributed by atoms with Gasteiger partial charge in [0, 0.05) is 6.42 Å². The van der Waals surface area contributed by atoms with Gasteiger partial charge in [-0.05, 0) is 35.1 Å². The Labute approximate surface area is 106 Å². The summed E-state index contributed by atoms with van der Waals surface area (Å²) in [6.07, 6.45) is 0.677. The minimum atomic E-state index is 0.482. The van der Waals surface area contributed by atoms with Crippen LogP contribution in [0.15, 0.2) is 51.8 Å². The van der Waals surface area contributed by atoms with Gasteiger partial charge >= 0.3 is 0 Å². The number of amidine groups is 1. The van der Waals surface area contributed by atoms with Crippen molar-refractivity contribution in [2.24, 2.45) is 21.2 Å². The molecule has 92 valence electrons. The lowest BCUT2D eigenvalue weighted by Crippen LogP contribution is -2.07. The molecule has 2 aromatic carbocycles. The van der Waals surface area contributed by atoms with Crippen molar-refractivity contribution >= 4 is 22.3 Å². The molecule has 0 saturated carbocycles. The Morgan fingerprint density at radius 2 is 1.89 bits per heavy atom. The van der Waals surface area contributed by atoms with E-state index >= 15 is 0 Å². The number of nitrogens with two attached hydrogens (primary N) is 1. The van der Waals surface area contributed by atoms with Gasteiger partial charge < -0.3 is 5.73 Å². The third kappa shape index (κ3) is 2.91. The minimum Gasteiger partial charge on any atom is -0.386 e. The number of benzene rings is 2. The summed E-state index contributed by atoms with van der Waals surface area (Å²) >= 11 is 0. The summed E-state index contributed by atoms with van der Waals surface area (Å²) in [5.41, 5.74) is 7.55. The fraction of sp³-hybridized carbons (Fsp3) is 0.214. The van der Waals surface area contributed by atoms with E-state index in [0.717, 1.165) is 11.1 Å². The molecule has 0 fully saturated rings. The fourth-order valence-corrected chi connectivity index (χ4v) is 1.62. The number of hydrogen-bond donors (Lipinski definition) is 1. The van der Waals surface area contributed by atoms with Crippen LogP contribution in [-0.4, -0.2) is 5.84 Å². The lowest BCUT2D eigenvalue weighted by atomic mass is 10.1. The van der Waals surface area contributed by atoms with E-state index in [-0.39, 0.29) is 0 Å². The molecule has 18 heavy (non-hydrogen) atoms. The van der Waals surface area contributed by atoms with Crippen LogP contribution < -0.4 is 5.73 Å². The van der Waals surface area contributed by atoms with Crippen LogP contribution in [0.3, 0.4) is 0 Å². The van der Waals surface area contributed by atoms with Gasteiger partial charge in [0.15, 0.2) is 0 Å². The summed E-state index contributed by atoms with van der Waals surface area (Å²) in [6, 6.07) is 12.2. The normalized spacial score (nSPS) is 12.4. The van der Waals surface area contributed by atoms with Crippen LogP contribution in [0.4, 0.5) is 5.69 Å². The van der Waals surface area contributed by atoms with E-state index < -0.39 is 0 Å². The van der Waals surface area contributed by atoms with Gasteiger partial charge in [0.1, 0.15) is 5.84 Å². The molecular weight excluding hydrogens is 224 g/mol. The third-order valence-corrected chi connectivity index (χ3v) is 2.67. The maximum Gasteiger partial charge on any atom is 0.123 e. The second kappa shape index (κ2) is 5.40. The van der Waals surface area contributed by atoms with Crippen molar-refractivity contribution in [2.45, 2.75) is 20.3 Å². The first-order chi connectivity index (χ1) is 8.69. The molecule has 0 aliphatic carbocycles. The first kappa shape index (κ1) is 12.2. The molecule has 2 N–H and O–H groups in total. The lowest BCUT2D eigenvalue weighted by molar-refractivity contribution is 1.03. The highest BCUT2D eigenvalue weighted by atomic mass is 15.4. The Balaban J connectivity index is 2.30. The van der Waals surface area contributed by atoms with E-state index in [4.69, 9.17) is 5.73 Å². The van der Waals surface area contributed by atoms with Gasteiger partial charge in [0.25, 0.3) is 0 Å². The number of rotatable bonds is 3. The Bertz CT molecular complexity index is 614. The standard InChI is InChI=1S/C14H16N4/c1-3-14(15)17-18-16-13-7-6-11-5-4-10(2)8-12(11)9-13/h4-9H,3H2,1-2H3,(H2,15,16,17). The van der Waals surface area contributed by atoms with Gasteiger partial charge in [-0.1, -0.05) is 36.8 Å². The van der Waals surface area contributed by atoms with E-state index in [9.17, 15) is 0 Å². The molecule has 0 bridgehead atoms. The van der Waals surface area contributed by atoms with Crippen LogP contribution in [0.2, 0.25) is 0 Å². The van der Waals surface area contributed by atoms with Crippen molar-refractivity contribution < 1.29 is 0 Å². The zero-order valence-corrected chi connectivity index (χ0v) is 10.6. The highest BCUT2D eigenvalue weighted by Crippen LogP contribution is 2.22. The maximum absolute atomic E-state index is 5.54. The Kier molecular flexibility index (Phi) is 3.67. The summed E-state index contributed by atoms with van der Waals surface area (Å²) in [5.74, 6) is 0.482. The molecule has 0 amide bonds. The zero-order valence-electron chi connectivity index (χ0n) is 10.6. The predicted molar refractivity (Wildman–Crippen MR) is 75.1 cm³/mol. The van der Waals surface area contributed by atoms with Crippen LogP contribution in [0, 0.1) is 6.92 Å². The molecule has 0 radical (unpaired) electrons. The minimum absolute atomic E-state index is 0.482. The molecule has 0 aromatic heterocycles. The second-order valence-corrected chi connectivity index (χ2v) is 4.17. The fourth-order valence-electron chi connectivity index (χ4n) is 1.62. The molecule has 4 heteroatoms. The summed E-state index contributed by atoms with van der Waals surface area (Å²) in [7, 11) is 0. The molecule has 0 unspecified atom stereocenters. The summed E-state index contributed by atoms with van der Waals surface area (Å²) in [4.78, 5) is 0. The van der Waals surface area contributed by atoms with Gasteiger partial charge in [0.2, 0.25) is 0 Å². The molecule has 0 heterocycles. The number of aryl methyl sites for hydroxylation is 1. The number of nitrogens with zero attached hydrogens (tertiary/aromatic N) is 3. The van der Waals surface area contributed by atoms with E-state index in [1.165, 1.54) is 10.9 Å². The van der Waals surface area contributed by atoms with Crippen molar-refractivity contribution in [1.29, 1.82) is 0 Å². The van der Waals surface area contributed by atoms with Crippen LogP contribution in [0.1, 0.15) is 18.9 Å². The Morgan fingerprint density at radius 3 is 2.67 bits per heavy atom. The van der Waals surface area contributed by atoms with E-state index in [1.54, 1.807) is 0 Å².